The summed E-state index contributed by atoms with van der Waals surface area (Å²) in [5.74, 6) is -0.192. The van der Waals surface area contributed by atoms with Crippen molar-refractivity contribution in [2.45, 2.75) is 0 Å². The second kappa shape index (κ2) is 3.76. The molecule has 9 heavy (non-hydrogen) atoms. The zero-order valence-electron chi connectivity index (χ0n) is 5.01. The van der Waals surface area contributed by atoms with Gasteiger partial charge < -0.3 is 24.0 Å². The van der Waals surface area contributed by atoms with Crippen molar-refractivity contribution in [3.63, 3.8) is 0 Å². The molecule has 1 heterocycles. The molecule has 3 heteroatoms. The van der Waals surface area contributed by atoms with Gasteiger partial charge in [0.25, 0.3) is 0 Å². The third-order valence-electron chi connectivity index (χ3n) is 0.938. The van der Waals surface area contributed by atoms with E-state index in [1.54, 1.807) is 17.0 Å². The highest BCUT2D eigenvalue weighted by Crippen LogP contribution is 1.87. The van der Waals surface area contributed by atoms with Gasteiger partial charge in [-0.2, -0.15) is 0 Å². The molecule has 1 nitrogen and oxygen atoms in total. The zero-order chi connectivity index (χ0) is 5.98. The molecule has 0 aliphatic heterocycles. The highest BCUT2D eigenvalue weighted by molar-refractivity contribution is 4.88. The average molecular weight is 239 g/mol. The predicted molar refractivity (Wildman–Crippen MR) is 27.6 cm³/mol. The van der Waals surface area contributed by atoms with Crippen molar-refractivity contribution in [1.82, 2.24) is 0 Å². The van der Waals surface area contributed by atoms with Gasteiger partial charge in [0.05, 0.1) is 0 Å². The van der Waals surface area contributed by atoms with Crippen LogP contribution in [0.5, 0.6) is 0 Å². The maximum Gasteiger partial charge on any atom is 0.171 e. The van der Waals surface area contributed by atoms with E-state index in [2.05, 4.69) is 0 Å². The lowest BCUT2D eigenvalue weighted by Crippen LogP contribution is -3.00. The number of nitrogens with zero attached hydrogens (tertiary/aromatic N) is 1. The summed E-state index contributed by atoms with van der Waals surface area (Å²) in [6.45, 7) is 0. The molecule has 0 unspecified atom stereocenters. The van der Waals surface area contributed by atoms with Gasteiger partial charge in [-0.1, -0.05) is 0 Å². The third-order valence-corrected chi connectivity index (χ3v) is 0.938. The summed E-state index contributed by atoms with van der Waals surface area (Å²) in [6, 6.07) is 2.83. The highest BCUT2D eigenvalue weighted by Gasteiger charge is 1.89. The number of aromatic nitrogens is 1. The van der Waals surface area contributed by atoms with Crippen molar-refractivity contribution in [2.75, 3.05) is 0 Å². The van der Waals surface area contributed by atoms with Gasteiger partial charge in [0.2, 0.25) is 0 Å². The molecule has 0 bridgehead atoms. The molecule has 0 saturated heterocycles. The van der Waals surface area contributed by atoms with Crippen molar-refractivity contribution in [3.05, 3.63) is 30.3 Å². The molecule has 0 aliphatic carbocycles. The van der Waals surface area contributed by atoms with Crippen LogP contribution in [-0.4, -0.2) is 0 Å². The maximum absolute atomic E-state index is 12.1. The molecular formula is C6H7FIN. The van der Waals surface area contributed by atoms with Gasteiger partial charge in [-0.15, -0.1) is 0 Å². The second-order valence-electron chi connectivity index (χ2n) is 1.68. The highest BCUT2D eigenvalue weighted by atomic mass is 127. The molecule has 1 aromatic heterocycles. The van der Waals surface area contributed by atoms with Gasteiger partial charge in [0, 0.05) is 12.1 Å². The van der Waals surface area contributed by atoms with E-state index in [9.17, 15) is 4.39 Å². The van der Waals surface area contributed by atoms with E-state index >= 15 is 0 Å². The molecule has 0 amide bonds. The van der Waals surface area contributed by atoms with Crippen LogP contribution in [0.4, 0.5) is 4.39 Å². The van der Waals surface area contributed by atoms with Crippen LogP contribution >= 0.6 is 0 Å². The van der Waals surface area contributed by atoms with Crippen LogP contribution in [0.1, 0.15) is 0 Å². The van der Waals surface area contributed by atoms with Crippen LogP contribution in [0, 0.1) is 5.82 Å². The number of rotatable bonds is 0. The predicted octanol–water partition coefficient (Wildman–Crippen LogP) is -2.35. The lowest BCUT2D eigenvalue weighted by atomic mass is 10.5. The fourth-order valence-electron chi connectivity index (χ4n) is 0.483. The quantitative estimate of drug-likeness (QED) is 0.352. The standard InChI is InChI=1S/C6H7FN.HI/c1-8-4-2-6(7)3-5-8;/h2-5H,1H3;1H/q+1;/p-1. The summed E-state index contributed by atoms with van der Waals surface area (Å²) in [6.07, 6.45) is 3.32. The number of halogens is 2. The Labute approximate surface area is 70.5 Å². The Bertz CT molecular complexity index is 152. The Balaban J connectivity index is 0.000000640. The minimum absolute atomic E-state index is 0. The molecule has 50 valence electrons. The monoisotopic (exact) mass is 239 g/mol. The van der Waals surface area contributed by atoms with E-state index in [-0.39, 0.29) is 29.8 Å². The van der Waals surface area contributed by atoms with Crippen LogP contribution in [0.15, 0.2) is 24.5 Å². The fourth-order valence-corrected chi connectivity index (χ4v) is 0.483. The molecule has 0 aliphatic rings. The van der Waals surface area contributed by atoms with Gasteiger partial charge >= 0.3 is 0 Å². The van der Waals surface area contributed by atoms with E-state index in [0.717, 1.165) is 0 Å². The second-order valence-corrected chi connectivity index (χ2v) is 1.68. The molecule has 0 radical (unpaired) electrons. The van der Waals surface area contributed by atoms with Crippen molar-refractivity contribution in [1.29, 1.82) is 0 Å². The SMILES string of the molecule is C[n+]1ccc(F)cc1.[I-]. The third kappa shape index (κ3) is 2.74. The van der Waals surface area contributed by atoms with E-state index in [1.807, 2.05) is 7.05 Å². The van der Waals surface area contributed by atoms with Crippen LogP contribution in [0.25, 0.3) is 0 Å². The molecule has 0 saturated carbocycles. The first-order chi connectivity index (χ1) is 3.79. The lowest BCUT2D eigenvalue weighted by molar-refractivity contribution is -0.671. The molecule has 0 aromatic carbocycles. The Morgan fingerprint density at radius 1 is 1.33 bits per heavy atom. The summed E-state index contributed by atoms with van der Waals surface area (Å²) in [5, 5.41) is 0. The topological polar surface area (TPSA) is 3.88 Å². The Kier molecular flexibility index (Phi) is 3.68. The van der Waals surface area contributed by atoms with Crippen LogP contribution < -0.4 is 28.5 Å². The minimum Gasteiger partial charge on any atom is -1.00 e. The first-order valence-corrected chi connectivity index (χ1v) is 2.40. The summed E-state index contributed by atoms with van der Waals surface area (Å²) in [5.41, 5.74) is 0. The largest absolute Gasteiger partial charge is 1.00 e. The number of hydrogen-bond acceptors (Lipinski definition) is 0. The molecule has 0 atom stereocenters. The molecule has 0 fully saturated rings. The van der Waals surface area contributed by atoms with Gasteiger partial charge in [-0.25, -0.2) is 8.96 Å². The number of pyridine rings is 1. The van der Waals surface area contributed by atoms with Crippen LogP contribution in [0.3, 0.4) is 0 Å². The number of hydrogen-bond donors (Lipinski definition) is 0. The molecule has 1 aromatic rings. The maximum atomic E-state index is 12.1. The zero-order valence-corrected chi connectivity index (χ0v) is 7.17. The van der Waals surface area contributed by atoms with E-state index in [4.69, 9.17) is 0 Å². The van der Waals surface area contributed by atoms with Crippen LogP contribution in [0.2, 0.25) is 0 Å². The average Bonchev–Trinajstić information content (AvgIpc) is 1.77. The van der Waals surface area contributed by atoms with E-state index < -0.39 is 0 Å². The van der Waals surface area contributed by atoms with Crippen molar-refractivity contribution in [2.24, 2.45) is 7.05 Å². The fraction of sp³-hybridized carbons (Fsp3) is 0.167. The normalized spacial score (nSPS) is 8.22. The molecular weight excluding hydrogens is 232 g/mol. The van der Waals surface area contributed by atoms with Gasteiger partial charge in [0.1, 0.15) is 12.9 Å². The van der Waals surface area contributed by atoms with Gasteiger partial charge in [-0.05, 0) is 0 Å². The summed E-state index contributed by atoms with van der Waals surface area (Å²) in [7, 11) is 1.85. The van der Waals surface area contributed by atoms with E-state index in [1.165, 1.54) is 12.1 Å². The van der Waals surface area contributed by atoms with Gasteiger partial charge in [-0.3, -0.25) is 0 Å². The van der Waals surface area contributed by atoms with Crippen molar-refractivity contribution >= 4 is 0 Å². The molecule has 0 spiro atoms. The first-order valence-electron chi connectivity index (χ1n) is 2.40. The molecule has 1 rings (SSSR count). The minimum atomic E-state index is -0.192. The van der Waals surface area contributed by atoms with Crippen molar-refractivity contribution < 1.29 is 32.9 Å². The van der Waals surface area contributed by atoms with E-state index in [0.29, 0.717) is 0 Å². The Morgan fingerprint density at radius 3 is 2.11 bits per heavy atom. The summed E-state index contributed by atoms with van der Waals surface area (Å²) < 4.78 is 13.9. The first kappa shape index (κ1) is 8.81. The lowest BCUT2D eigenvalue weighted by Gasteiger charge is -1.82. The Morgan fingerprint density at radius 2 is 1.78 bits per heavy atom. The van der Waals surface area contributed by atoms with Crippen LogP contribution in [-0.2, 0) is 7.05 Å². The Hall–Kier alpha value is -0.190. The molecule has 0 N–H and O–H groups in total. The summed E-state index contributed by atoms with van der Waals surface area (Å²) in [4.78, 5) is 0. The van der Waals surface area contributed by atoms with Crippen molar-refractivity contribution in [3.8, 4) is 0 Å². The van der Waals surface area contributed by atoms with Gasteiger partial charge in [0.15, 0.2) is 12.4 Å². The smallest absolute Gasteiger partial charge is 0.171 e. The summed E-state index contributed by atoms with van der Waals surface area (Å²) >= 11 is 0. The number of aryl methyl sites for hydroxylation is 1.